The number of phenols is 1. The summed E-state index contributed by atoms with van der Waals surface area (Å²) in [5.41, 5.74) is 1.42. The Balaban J connectivity index is 1.61. The van der Waals surface area contributed by atoms with E-state index < -0.39 is 16.6 Å². The predicted octanol–water partition coefficient (Wildman–Crippen LogP) is 4.53. The molecule has 160 valence electrons. The molecule has 1 amide bonds. The molecule has 5 rings (SSSR count). The molecule has 0 fully saturated rings. The lowest BCUT2D eigenvalue weighted by molar-refractivity contribution is -0.374. The first kappa shape index (κ1) is 20.1. The van der Waals surface area contributed by atoms with Gasteiger partial charge >= 0.3 is 0 Å². The molecule has 0 bridgehead atoms. The third kappa shape index (κ3) is 3.39. The normalized spacial score (nSPS) is 12.7. The van der Waals surface area contributed by atoms with Crippen LogP contribution in [0.4, 0.5) is 5.69 Å². The van der Waals surface area contributed by atoms with Gasteiger partial charge in [-0.2, -0.15) is 0 Å². The third-order valence-electron chi connectivity index (χ3n) is 5.43. The maximum atomic E-state index is 13.0. The molecule has 0 unspecified atom stereocenters. The number of para-hydroxylation sites is 1. The molecular formula is C25H15N3O5. The first-order valence-corrected chi connectivity index (χ1v) is 9.97. The minimum absolute atomic E-state index is 0.0418. The minimum Gasteiger partial charge on any atom is -0.508 e. The van der Waals surface area contributed by atoms with Crippen LogP contribution in [0.5, 0.6) is 5.75 Å². The first-order valence-electron chi connectivity index (χ1n) is 9.97. The zero-order valence-corrected chi connectivity index (χ0v) is 17.0. The van der Waals surface area contributed by atoms with Gasteiger partial charge in [-0.25, -0.2) is 4.98 Å². The molecule has 1 aliphatic rings. The number of nitro groups is 1. The van der Waals surface area contributed by atoms with Crippen LogP contribution in [0.15, 0.2) is 78.9 Å². The number of anilines is 1. The maximum Gasteiger partial charge on any atom is 0.290 e. The number of carbonyl (C=O) groups is 2. The minimum atomic E-state index is -0.566. The number of phenolic OH excluding ortho intramolecular Hbond substituents is 1. The zero-order valence-electron chi connectivity index (χ0n) is 17.0. The number of ketones is 1. The molecule has 0 saturated heterocycles. The fourth-order valence-electron chi connectivity index (χ4n) is 3.89. The fourth-order valence-corrected chi connectivity index (χ4v) is 3.89. The van der Waals surface area contributed by atoms with Crippen molar-refractivity contribution in [3.05, 3.63) is 111 Å². The lowest BCUT2D eigenvalue weighted by Crippen LogP contribution is -2.12. The number of carbonyl (C=O) groups excluding carboxylic acids is 2. The van der Waals surface area contributed by atoms with E-state index in [2.05, 4.69) is 10.3 Å². The lowest BCUT2D eigenvalue weighted by Gasteiger charge is -2.10. The molecule has 33 heavy (non-hydrogen) atoms. The zero-order chi connectivity index (χ0) is 23.1. The number of allylic oxidation sites excluding steroid dienone is 1. The smallest absolute Gasteiger partial charge is 0.290 e. The van der Waals surface area contributed by atoms with E-state index in [-0.39, 0.29) is 33.8 Å². The number of Topliss-reactive ketones (excluding diaryl/α,β-unsaturated/α-hetero) is 1. The Hall–Kier alpha value is -4.85. The molecule has 1 heterocycles. The van der Waals surface area contributed by atoms with Crippen LogP contribution in [0.25, 0.3) is 22.2 Å². The van der Waals surface area contributed by atoms with E-state index in [1.165, 1.54) is 24.3 Å². The molecule has 0 saturated carbocycles. The van der Waals surface area contributed by atoms with Crippen LogP contribution in [0, 0.1) is 10.1 Å². The summed E-state index contributed by atoms with van der Waals surface area (Å²) in [5, 5.41) is 24.7. The van der Waals surface area contributed by atoms with Crippen molar-refractivity contribution in [2.45, 2.75) is 0 Å². The molecule has 0 aliphatic heterocycles. The molecule has 2 N–H and O–H groups in total. The monoisotopic (exact) mass is 437 g/mol. The second kappa shape index (κ2) is 7.69. The number of hydrogen-bond acceptors (Lipinski definition) is 6. The molecule has 0 spiro atoms. The molecule has 8 nitrogen and oxygen atoms in total. The number of hydrogen-bond donors (Lipinski definition) is 2. The van der Waals surface area contributed by atoms with Gasteiger partial charge in [0, 0.05) is 16.5 Å². The molecule has 8 heteroatoms. The summed E-state index contributed by atoms with van der Waals surface area (Å²) < 4.78 is 0. The van der Waals surface area contributed by atoms with E-state index in [1.54, 1.807) is 54.6 Å². The van der Waals surface area contributed by atoms with Gasteiger partial charge < -0.3 is 10.4 Å². The Morgan fingerprint density at radius 3 is 2.36 bits per heavy atom. The standard InChI is InChI=1S/C25H15N3O5/c29-16-11-8-15(9-12-16)25(31)27-20-7-3-4-14-10-13-19(26-22(14)20)21-23(28(32)33)17-5-1-2-6-18(17)24(21)30/h1-13,29H,(H,27,31). The van der Waals surface area contributed by atoms with E-state index in [0.29, 0.717) is 22.2 Å². The van der Waals surface area contributed by atoms with Crippen molar-refractivity contribution >= 4 is 39.6 Å². The van der Waals surface area contributed by atoms with Gasteiger partial charge in [0.2, 0.25) is 5.78 Å². The fraction of sp³-hybridized carbons (Fsp3) is 0. The van der Waals surface area contributed by atoms with E-state index in [1.807, 2.05) is 0 Å². The second-order valence-electron chi connectivity index (χ2n) is 7.43. The SMILES string of the molecule is O=C(Nc1cccc2ccc(C3=C([N+](=O)[O-])c4ccccc4C3=O)nc12)c1ccc(O)cc1. The van der Waals surface area contributed by atoms with Crippen molar-refractivity contribution in [2.24, 2.45) is 0 Å². The third-order valence-corrected chi connectivity index (χ3v) is 5.43. The summed E-state index contributed by atoms with van der Waals surface area (Å²) in [6.07, 6.45) is 0. The molecule has 3 aromatic carbocycles. The summed E-state index contributed by atoms with van der Waals surface area (Å²) in [4.78, 5) is 41.5. The van der Waals surface area contributed by atoms with Crippen molar-refractivity contribution in [2.75, 3.05) is 5.32 Å². The maximum absolute atomic E-state index is 13.0. The summed E-state index contributed by atoms with van der Waals surface area (Å²) in [6, 6.07) is 20.6. The number of benzene rings is 3. The van der Waals surface area contributed by atoms with Crippen LogP contribution in [0.2, 0.25) is 0 Å². The van der Waals surface area contributed by atoms with Gasteiger partial charge in [-0.15, -0.1) is 0 Å². The van der Waals surface area contributed by atoms with Gasteiger partial charge in [0.1, 0.15) is 11.3 Å². The molecule has 0 radical (unpaired) electrons. The molecule has 4 aromatic rings. The number of nitrogens with zero attached hydrogens (tertiary/aromatic N) is 2. The second-order valence-corrected chi connectivity index (χ2v) is 7.43. The number of amides is 1. The number of aromatic hydroxyl groups is 1. The van der Waals surface area contributed by atoms with Crippen LogP contribution in [0.3, 0.4) is 0 Å². The van der Waals surface area contributed by atoms with Crippen LogP contribution < -0.4 is 5.32 Å². The number of fused-ring (bicyclic) bond motifs is 2. The summed E-state index contributed by atoms with van der Waals surface area (Å²) in [7, 11) is 0. The number of rotatable bonds is 4. The van der Waals surface area contributed by atoms with Crippen molar-refractivity contribution < 1.29 is 19.6 Å². The summed E-state index contributed by atoms with van der Waals surface area (Å²) in [6.45, 7) is 0. The molecule has 1 aliphatic carbocycles. The van der Waals surface area contributed by atoms with Gasteiger partial charge in [-0.3, -0.25) is 19.7 Å². The highest BCUT2D eigenvalue weighted by Crippen LogP contribution is 2.38. The topological polar surface area (TPSA) is 122 Å². The summed E-state index contributed by atoms with van der Waals surface area (Å²) in [5.74, 6) is -0.834. The van der Waals surface area contributed by atoms with E-state index in [9.17, 15) is 24.8 Å². The van der Waals surface area contributed by atoms with Gasteiger partial charge in [0.15, 0.2) is 0 Å². The largest absolute Gasteiger partial charge is 0.508 e. The Bertz CT molecular complexity index is 1510. The van der Waals surface area contributed by atoms with Crippen LogP contribution in [-0.2, 0) is 0 Å². The van der Waals surface area contributed by atoms with Gasteiger partial charge in [0.25, 0.3) is 11.6 Å². The predicted molar refractivity (Wildman–Crippen MR) is 122 cm³/mol. The average molecular weight is 437 g/mol. The Morgan fingerprint density at radius 2 is 1.64 bits per heavy atom. The van der Waals surface area contributed by atoms with E-state index >= 15 is 0 Å². The lowest BCUT2D eigenvalue weighted by atomic mass is 10.0. The van der Waals surface area contributed by atoms with Crippen molar-refractivity contribution in [3.63, 3.8) is 0 Å². The highest BCUT2D eigenvalue weighted by Gasteiger charge is 2.38. The van der Waals surface area contributed by atoms with Gasteiger partial charge in [-0.1, -0.05) is 36.4 Å². The first-order chi connectivity index (χ1) is 15.9. The van der Waals surface area contributed by atoms with E-state index in [4.69, 9.17) is 0 Å². The Labute approximate surface area is 187 Å². The van der Waals surface area contributed by atoms with Crippen LogP contribution >= 0.6 is 0 Å². The Kier molecular flexibility index (Phi) is 4.68. The van der Waals surface area contributed by atoms with E-state index in [0.717, 1.165) is 0 Å². The number of aromatic nitrogens is 1. The van der Waals surface area contributed by atoms with Crippen molar-refractivity contribution in [3.8, 4) is 5.75 Å². The van der Waals surface area contributed by atoms with Crippen molar-refractivity contribution in [1.82, 2.24) is 4.98 Å². The molecular weight excluding hydrogens is 422 g/mol. The molecule has 0 atom stereocenters. The Morgan fingerprint density at radius 1 is 0.909 bits per heavy atom. The average Bonchev–Trinajstić information content (AvgIpc) is 3.12. The number of nitrogens with one attached hydrogen (secondary N) is 1. The molecule has 1 aromatic heterocycles. The van der Waals surface area contributed by atoms with Crippen LogP contribution in [-0.4, -0.2) is 26.7 Å². The van der Waals surface area contributed by atoms with Crippen LogP contribution in [0.1, 0.15) is 32.0 Å². The quantitative estimate of drug-likeness (QED) is 0.357. The van der Waals surface area contributed by atoms with Gasteiger partial charge in [-0.05, 0) is 42.5 Å². The number of pyridine rings is 1. The van der Waals surface area contributed by atoms with Crippen molar-refractivity contribution in [1.29, 1.82) is 0 Å². The highest BCUT2D eigenvalue weighted by atomic mass is 16.6. The summed E-state index contributed by atoms with van der Waals surface area (Å²) >= 11 is 0. The van der Waals surface area contributed by atoms with Gasteiger partial charge in [0.05, 0.1) is 27.4 Å². The highest BCUT2D eigenvalue weighted by molar-refractivity contribution is 6.38.